The molecule has 50 valence electrons. The molecule has 1 rings (SSSR count). The zero-order valence-electron chi connectivity index (χ0n) is 4.76. The third-order valence-electron chi connectivity index (χ3n) is 0.832. The van der Waals surface area contributed by atoms with E-state index in [0.29, 0.717) is 0 Å². The van der Waals surface area contributed by atoms with Crippen LogP contribution in [-0.4, -0.2) is 10.5 Å². The van der Waals surface area contributed by atoms with Gasteiger partial charge in [0.15, 0.2) is 0 Å². The summed E-state index contributed by atoms with van der Waals surface area (Å²) in [7, 11) is -0.820. The van der Waals surface area contributed by atoms with Gasteiger partial charge in [0.1, 0.15) is 0 Å². The summed E-state index contributed by atoms with van der Waals surface area (Å²) in [5, 5.41) is 0. The van der Waals surface area contributed by atoms with Crippen LogP contribution in [0.2, 0.25) is 0 Å². The second-order valence-corrected chi connectivity index (χ2v) is 5.58. The zero-order valence-corrected chi connectivity index (χ0v) is 7.98. The lowest BCUT2D eigenvalue weighted by atomic mass is 10.7. The Morgan fingerprint density at radius 3 is 2.56 bits per heavy atom. The monoisotopic (exact) mass is 224 g/mol. The first kappa shape index (κ1) is 7.44. The van der Waals surface area contributed by atoms with Crippen molar-refractivity contribution in [2.24, 2.45) is 0 Å². The average molecular weight is 225 g/mol. The van der Waals surface area contributed by atoms with Crippen LogP contribution in [0.1, 0.15) is 0 Å². The molecule has 0 aliphatic rings. The van der Waals surface area contributed by atoms with E-state index < -0.39 is 10.8 Å². The SMILES string of the molecule is C[S@@](=O)c1ccc(Br)s1. The number of halogens is 1. The van der Waals surface area contributed by atoms with Crippen LogP contribution >= 0.6 is 27.3 Å². The van der Waals surface area contributed by atoms with Crippen molar-refractivity contribution < 1.29 is 4.21 Å². The van der Waals surface area contributed by atoms with E-state index in [0.717, 1.165) is 8.00 Å². The third kappa shape index (κ3) is 1.88. The summed E-state index contributed by atoms with van der Waals surface area (Å²) in [6, 6.07) is 3.77. The molecule has 1 heterocycles. The van der Waals surface area contributed by atoms with E-state index in [1.165, 1.54) is 11.3 Å². The van der Waals surface area contributed by atoms with Crippen LogP contribution in [0.25, 0.3) is 0 Å². The van der Waals surface area contributed by atoms with Crippen LogP contribution in [0, 0.1) is 0 Å². The summed E-state index contributed by atoms with van der Waals surface area (Å²) in [6.07, 6.45) is 1.68. The zero-order chi connectivity index (χ0) is 6.85. The summed E-state index contributed by atoms with van der Waals surface area (Å²) in [6.45, 7) is 0. The van der Waals surface area contributed by atoms with E-state index in [4.69, 9.17) is 0 Å². The Labute approximate surface area is 68.7 Å². The smallest absolute Gasteiger partial charge is 0.0919 e. The highest BCUT2D eigenvalue weighted by molar-refractivity contribution is 9.11. The van der Waals surface area contributed by atoms with Gasteiger partial charge in [-0.15, -0.1) is 11.3 Å². The second-order valence-electron chi connectivity index (χ2n) is 1.51. The molecule has 1 aromatic heterocycles. The van der Waals surface area contributed by atoms with Gasteiger partial charge in [-0.05, 0) is 28.1 Å². The molecule has 9 heavy (non-hydrogen) atoms. The summed E-state index contributed by atoms with van der Waals surface area (Å²) < 4.78 is 12.7. The topological polar surface area (TPSA) is 17.1 Å². The van der Waals surface area contributed by atoms with Crippen LogP contribution in [0.5, 0.6) is 0 Å². The highest BCUT2D eigenvalue weighted by Gasteiger charge is 1.98. The summed E-state index contributed by atoms with van der Waals surface area (Å²) in [5.41, 5.74) is 0. The Bertz CT molecular complexity index is 231. The van der Waals surface area contributed by atoms with E-state index in [1.807, 2.05) is 12.1 Å². The molecule has 0 aromatic carbocycles. The molecule has 0 saturated heterocycles. The highest BCUT2D eigenvalue weighted by atomic mass is 79.9. The predicted molar refractivity (Wildman–Crippen MR) is 44.4 cm³/mol. The van der Waals surface area contributed by atoms with E-state index in [2.05, 4.69) is 15.9 Å². The van der Waals surface area contributed by atoms with Crippen LogP contribution in [0.15, 0.2) is 20.1 Å². The van der Waals surface area contributed by atoms with Crippen molar-refractivity contribution >= 4 is 38.1 Å². The largest absolute Gasteiger partial charge is 0.254 e. The Hall–Kier alpha value is 0.330. The fraction of sp³-hybridized carbons (Fsp3) is 0.200. The molecule has 4 heteroatoms. The van der Waals surface area contributed by atoms with Gasteiger partial charge in [-0.25, -0.2) is 0 Å². The fourth-order valence-electron chi connectivity index (χ4n) is 0.452. The van der Waals surface area contributed by atoms with Gasteiger partial charge < -0.3 is 0 Å². The average Bonchev–Trinajstić information content (AvgIpc) is 2.14. The van der Waals surface area contributed by atoms with Gasteiger partial charge in [-0.1, -0.05) is 0 Å². The molecular formula is C5H5BrOS2. The maximum absolute atomic E-state index is 10.8. The molecule has 1 aromatic rings. The minimum Gasteiger partial charge on any atom is -0.254 e. The minimum absolute atomic E-state index is 0.820. The molecule has 1 nitrogen and oxygen atoms in total. The molecule has 0 fully saturated rings. The van der Waals surface area contributed by atoms with Gasteiger partial charge >= 0.3 is 0 Å². The Kier molecular flexibility index (Phi) is 2.43. The van der Waals surface area contributed by atoms with Gasteiger partial charge in [0.2, 0.25) is 0 Å². The molecule has 1 atom stereocenters. The standard InChI is InChI=1S/C5H5BrOS2/c1-9(7)5-3-2-4(6)8-5/h2-3H,1H3/t9-/m1/s1. The van der Waals surface area contributed by atoms with E-state index in [1.54, 1.807) is 6.26 Å². The lowest BCUT2D eigenvalue weighted by molar-refractivity contribution is 0.688. The molecule has 0 saturated carbocycles. The van der Waals surface area contributed by atoms with Crippen molar-refractivity contribution in [3.63, 3.8) is 0 Å². The van der Waals surface area contributed by atoms with Crippen molar-refractivity contribution in [2.45, 2.75) is 4.21 Å². The molecule has 0 unspecified atom stereocenters. The Morgan fingerprint density at radius 2 is 2.33 bits per heavy atom. The summed E-state index contributed by atoms with van der Waals surface area (Å²) in [4.78, 5) is 0. The minimum atomic E-state index is -0.820. The number of rotatable bonds is 1. The van der Waals surface area contributed by atoms with Crippen molar-refractivity contribution in [1.82, 2.24) is 0 Å². The lowest BCUT2D eigenvalue weighted by Gasteiger charge is -1.82. The summed E-state index contributed by atoms with van der Waals surface area (Å²) >= 11 is 4.80. The van der Waals surface area contributed by atoms with Gasteiger partial charge in [-0.2, -0.15) is 0 Å². The molecule has 0 amide bonds. The van der Waals surface area contributed by atoms with Crippen LogP contribution < -0.4 is 0 Å². The summed E-state index contributed by atoms with van der Waals surface area (Å²) in [5.74, 6) is 0. The molecule has 0 bridgehead atoms. The number of thiophene rings is 1. The predicted octanol–water partition coefficient (Wildman–Crippen LogP) is 2.25. The van der Waals surface area contributed by atoms with Crippen molar-refractivity contribution in [3.05, 3.63) is 15.9 Å². The van der Waals surface area contributed by atoms with Crippen LogP contribution in [-0.2, 0) is 10.8 Å². The molecule has 0 aliphatic heterocycles. The van der Waals surface area contributed by atoms with Gasteiger partial charge in [0.05, 0.1) is 18.8 Å². The van der Waals surface area contributed by atoms with Crippen molar-refractivity contribution in [3.8, 4) is 0 Å². The Balaban J connectivity index is 2.98. The first-order valence-corrected chi connectivity index (χ1v) is 5.45. The maximum Gasteiger partial charge on any atom is 0.0919 e. The van der Waals surface area contributed by atoms with Crippen LogP contribution in [0.3, 0.4) is 0 Å². The van der Waals surface area contributed by atoms with E-state index in [-0.39, 0.29) is 0 Å². The van der Waals surface area contributed by atoms with Gasteiger partial charge in [0, 0.05) is 6.26 Å². The molecular weight excluding hydrogens is 220 g/mol. The molecule has 0 N–H and O–H groups in total. The quantitative estimate of drug-likeness (QED) is 0.716. The van der Waals surface area contributed by atoms with Crippen molar-refractivity contribution in [2.75, 3.05) is 6.26 Å². The molecule has 0 radical (unpaired) electrons. The van der Waals surface area contributed by atoms with Crippen molar-refractivity contribution in [1.29, 1.82) is 0 Å². The van der Waals surface area contributed by atoms with Gasteiger partial charge in [0.25, 0.3) is 0 Å². The third-order valence-corrected chi connectivity index (χ3v) is 3.91. The molecule has 0 spiro atoms. The second kappa shape index (κ2) is 2.94. The normalized spacial score (nSPS) is 13.6. The van der Waals surface area contributed by atoms with Gasteiger partial charge in [-0.3, -0.25) is 4.21 Å². The highest BCUT2D eigenvalue weighted by Crippen LogP contribution is 2.23. The first-order valence-electron chi connectivity index (χ1n) is 2.29. The molecule has 0 aliphatic carbocycles. The van der Waals surface area contributed by atoms with Crippen LogP contribution in [0.4, 0.5) is 0 Å². The Morgan fingerprint density at radius 1 is 1.67 bits per heavy atom. The number of hydrogen-bond acceptors (Lipinski definition) is 2. The first-order chi connectivity index (χ1) is 4.20. The maximum atomic E-state index is 10.8. The number of hydrogen-bond donors (Lipinski definition) is 0. The fourth-order valence-corrected chi connectivity index (χ4v) is 2.89. The van der Waals surface area contributed by atoms with E-state index in [9.17, 15) is 4.21 Å². The lowest BCUT2D eigenvalue weighted by Crippen LogP contribution is -1.78. The van der Waals surface area contributed by atoms with E-state index >= 15 is 0 Å².